The van der Waals surface area contributed by atoms with Crippen LogP contribution in [0.25, 0.3) is 0 Å². The van der Waals surface area contributed by atoms with Crippen LogP contribution in [-0.4, -0.2) is 38.5 Å². The fraction of sp³-hybridized carbons (Fsp3) is 0.900. The van der Waals surface area contributed by atoms with Crippen LogP contribution < -0.4 is 5.32 Å². The summed E-state index contributed by atoms with van der Waals surface area (Å²) in [5.74, 6) is 0. The van der Waals surface area contributed by atoms with Gasteiger partial charge < -0.3 is 5.32 Å². The first kappa shape index (κ1) is 13.4. The van der Waals surface area contributed by atoms with Gasteiger partial charge >= 0.3 is 0 Å². The molecule has 0 radical (unpaired) electrons. The van der Waals surface area contributed by atoms with Crippen molar-refractivity contribution < 1.29 is 0 Å². The van der Waals surface area contributed by atoms with Crippen LogP contribution in [0, 0.1) is 0 Å². The maximum atomic E-state index is 4.02. The highest BCUT2D eigenvalue weighted by Crippen LogP contribution is 2.26. The number of hydrogen-bond acceptors (Lipinski definition) is 5. The number of nitrogens with zero attached hydrogens (tertiary/aromatic N) is 4. The third kappa shape index (κ3) is 3.45. The monoisotopic (exact) mass is 243 g/mol. The van der Waals surface area contributed by atoms with Crippen molar-refractivity contribution in [2.24, 2.45) is 7.05 Å². The van der Waals surface area contributed by atoms with Crippen LogP contribution in [0.5, 0.6) is 0 Å². The zero-order chi connectivity index (χ0) is 12.0. The molecule has 2 atom stereocenters. The first-order chi connectivity index (χ1) is 7.72. The summed E-state index contributed by atoms with van der Waals surface area (Å²) in [4.78, 5) is 0. The molecule has 0 aromatic carbocycles. The Hall–Kier alpha value is -0.620. The molecule has 0 spiro atoms. The molecule has 1 aromatic heterocycles. The fourth-order valence-electron chi connectivity index (χ4n) is 1.73. The molecule has 0 bridgehead atoms. The minimum absolute atomic E-state index is 0.523. The molecule has 1 N–H and O–H groups in total. The minimum atomic E-state index is 0.523. The van der Waals surface area contributed by atoms with Gasteiger partial charge in [-0.25, -0.2) is 4.68 Å². The summed E-state index contributed by atoms with van der Waals surface area (Å²) >= 11 is 1.76. The third-order valence-corrected chi connectivity index (χ3v) is 4.18. The highest BCUT2D eigenvalue weighted by Gasteiger charge is 2.20. The topological polar surface area (TPSA) is 55.6 Å². The Bertz CT molecular complexity index is 301. The Morgan fingerprint density at radius 1 is 1.44 bits per heavy atom. The van der Waals surface area contributed by atoms with E-state index in [-0.39, 0.29) is 0 Å². The van der Waals surface area contributed by atoms with Crippen LogP contribution in [0.3, 0.4) is 0 Å². The summed E-state index contributed by atoms with van der Waals surface area (Å²) in [5, 5.41) is 16.3. The van der Waals surface area contributed by atoms with E-state index < -0.39 is 0 Å². The van der Waals surface area contributed by atoms with Crippen LogP contribution in [0.4, 0.5) is 0 Å². The molecule has 1 rings (SSSR count). The molecule has 16 heavy (non-hydrogen) atoms. The van der Waals surface area contributed by atoms with Gasteiger partial charge in [-0.05, 0) is 30.3 Å². The summed E-state index contributed by atoms with van der Waals surface area (Å²) in [6.45, 7) is 4.42. The number of tetrazole rings is 1. The van der Waals surface area contributed by atoms with Gasteiger partial charge in [0, 0.05) is 18.3 Å². The van der Waals surface area contributed by atoms with E-state index in [2.05, 4.69) is 34.7 Å². The van der Waals surface area contributed by atoms with Crippen molar-refractivity contribution in [3.05, 3.63) is 0 Å². The van der Waals surface area contributed by atoms with Gasteiger partial charge in [0.2, 0.25) is 5.16 Å². The van der Waals surface area contributed by atoms with E-state index in [9.17, 15) is 0 Å². The van der Waals surface area contributed by atoms with Crippen molar-refractivity contribution >= 4 is 11.8 Å². The molecule has 92 valence electrons. The smallest absolute Gasteiger partial charge is 0.209 e. The Labute approximate surface area is 101 Å². The maximum Gasteiger partial charge on any atom is 0.209 e. The number of aromatic nitrogens is 4. The van der Waals surface area contributed by atoms with E-state index >= 15 is 0 Å². The molecule has 0 aliphatic carbocycles. The molecule has 0 amide bonds. The summed E-state index contributed by atoms with van der Waals surface area (Å²) < 4.78 is 1.73. The second-order valence-electron chi connectivity index (χ2n) is 3.83. The van der Waals surface area contributed by atoms with Gasteiger partial charge in [-0.1, -0.05) is 32.0 Å². The molecule has 0 aliphatic heterocycles. The number of hydrogen-bond donors (Lipinski definition) is 1. The normalized spacial score (nSPS) is 15.0. The van der Waals surface area contributed by atoms with E-state index in [1.54, 1.807) is 16.4 Å². The summed E-state index contributed by atoms with van der Waals surface area (Å²) in [6, 6.07) is 0.525. The summed E-state index contributed by atoms with van der Waals surface area (Å²) in [7, 11) is 3.90. The molecule has 0 saturated carbocycles. The molecule has 0 aliphatic rings. The van der Waals surface area contributed by atoms with Crippen molar-refractivity contribution in [1.82, 2.24) is 25.5 Å². The maximum absolute atomic E-state index is 4.02. The Morgan fingerprint density at radius 3 is 2.62 bits per heavy atom. The largest absolute Gasteiger partial charge is 0.316 e. The van der Waals surface area contributed by atoms with Gasteiger partial charge in [-0.2, -0.15) is 0 Å². The molecule has 6 heteroatoms. The Kier molecular flexibility index (Phi) is 5.76. The van der Waals surface area contributed by atoms with Crippen molar-refractivity contribution in [1.29, 1.82) is 0 Å². The van der Waals surface area contributed by atoms with Gasteiger partial charge in [0.25, 0.3) is 0 Å². The molecule has 2 unspecified atom stereocenters. The molecule has 1 aromatic rings. The molecule has 0 saturated heterocycles. The van der Waals surface area contributed by atoms with E-state index in [1.807, 2.05) is 14.1 Å². The average Bonchev–Trinajstić information content (AvgIpc) is 2.69. The quantitative estimate of drug-likeness (QED) is 0.735. The van der Waals surface area contributed by atoms with Crippen LogP contribution in [-0.2, 0) is 7.05 Å². The fourth-order valence-corrected chi connectivity index (χ4v) is 2.88. The van der Waals surface area contributed by atoms with Crippen molar-refractivity contribution in [2.45, 2.75) is 49.6 Å². The van der Waals surface area contributed by atoms with Crippen molar-refractivity contribution in [3.63, 3.8) is 0 Å². The predicted octanol–water partition coefficient (Wildman–Crippen LogP) is 1.47. The number of aryl methyl sites for hydroxylation is 1. The molecule has 5 nitrogen and oxygen atoms in total. The summed E-state index contributed by atoms with van der Waals surface area (Å²) in [6.07, 6.45) is 3.50. The highest BCUT2D eigenvalue weighted by atomic mass is 32.2. The van der Waals surface area contributed by atoms with E-state index in [4.69, 9.17) is 0 Å². The predicted molar refractivity (Wildman–Crippen MR) is 66.5 cm³/mol. The lowest BCUT2D eigenvalue weighted by molar-refractivity contribution is 0.488. The average molecular weight is 243 g/mol. The highest BCUT2D eigenvalue weighted by molar-refractivity contribution is 7.99. The number of rotatable bonds is 7. The zero-order valence-electron chi connectivity index (χ0n) is 10.5. The van der Waals surface area contributed by atoms with Gasteiger partial charge in [-0.15, -0.1) is 5.10 Å². The van der Waals surface area contributed by atoms with Crippen molar-refractivity contribution in [3.8, 4) is 0 Å². The molecule has 0 fully saturated rings. The van der Waals surface area contributed by atoms with Gasteiger partial charge in [0.15, 0.2) is 0 Å². The van der Waals surface area contributed by atoms with Crippen molar-refractivity contribution in [2.75, 3.05) is 7.05 Å². The zero-order valence-corrected chi connectivity index (χ0v) is 11.3. The minimum Gasteiger partial charge on any atom is -0.316 e. The molecular formula is C10H21N5S. The molecular weight excluding hydrogens is 222 g/mol. The number of nitrogens with one attached hydrogen (secondary N) is 1. The van der Waals surface area contributed by atoms with Crippen LogP contribution in [0.2, 0.25) is 0 Å². The lowest BCUT2D eigenvalue weighted by atomic mass is 10.1. The molecule has 1 heterocycles. The second kappa shape index (κ2) is 6.85. The van der Waals surface area contributed by atoms with Gasteiger partial charge in [-0.3, -0.25) is 0 Å². The van der Waals surface area contributed by atoms with E-state index in [1.165, 1.54) is 12.8 Å². The lowest BCUT2D eigenvalue weighted by Gasteiger charge is -2.24. The first-order valence-corrected chi connectivity index (χ1v) is 6.67. The third-order valence-electron chi connectivity index (χ3n) is 2.66. The van der Waals surface area contributed by atoms with Crippen LogP contribution >= 0.6 is 11.8 Å². The standard InChI is InChI=1S/C10H21N5S/c1-5-7-8(11-3)9(6-2)16-10-12-13-14-15(10)4/h8-9,11H,5-7H2,1-4H3. The lowest BCUT2D eigenvalue weighted by Crippen LogP contribution is -2.35. The van der Waals surface area contributed by atoms with E-state index in [0.717, 1.165) is 11.6 Å². The van der Waals surface area contributed by atoms with Crippen LogP contribution in [0.1, 0.15) is 33.1 Å². The Morgan fingerprint density at radius 2 is 2.19 bits per heavy atom. The second-order valence-corrected chi connectivity index (χ2v) is 5.04. The van der Waals surface area contributed by atoms with Gasteiger partial charge in [0.05, 0.1) is 0 Å². The Balaban J connectivity index is 2.63. The number of thioether (sulfide) groups is 1. The van der Waals surface area contributed by atoms with Gasteiger partial charge in [0.1, 0.15) is 0 Å². The SMILES string of the molecule is CCCC(NC)C(CC)Sc1nnnn1C. The summed E-state index contributed by atoms with van der Waals surface area (Å²) in [5.41, 5.74) is 0. The van der Waals surface area contributed by atoms with Crippen LogP contribution in [0.15, 0.2) is 5.16 Å². The van der Waals surface area contributed by atoms with E-state index in [0.29, 0.717) is 11.3 Å². The first-order valence-electron chi connectivity index (χ1n) is 5.79.